The molecule has 0 aliphatic heterocycles. The van der Waals surface area contributed by atoms with Crippen LogP contribution in [-0.2, 0) is 5.41 Å². The van der Waals surface area contributed by atoms with Crippen molar-refractivity contribution in [3.05, 3.63) is 222 Å². The van der Waals surface area contributed by atoms with E-state index in [1.807, 2.05) is 6.08 Å². The number of benzene rings is 6. The highest BCUT2D eigenvalue weighted by atomic mass is 15.0. The van der Waals surface area contributed by atoms with Crippen molar-refractivity contribution >= 4 is 38.6 Å². The third kappa shape index (κ3) is 7.40. The quantitative estimate of drug-likeness (QED) is 0.0954. The molecule has 3 aliphatic carbocycles. The van der Waals surface area contributed by atoms with Gasteiger partial charge in [-0.2, -0.15) is 0 Å². The molecule has 7 aromatic rings. The Hall–Kier alpha value is -7.14. The maximum absolute atomic E-state index is 4.08. The van der Waals surface area contributed by atoms with E-state index >= 15 is 0 Å². The van der Waals surface area contributed by atoms with Crippen LogP contribution >= 0.6 is 0 Å². The van der Waals surface area contributed by atoms with Gasteiger partial charge >= 0.3 is 0 Å². The van der Waals surface area contributed by atoms with Crippen molar-refractivity contribution < 1.29 is 0 Å². The highest BCUT2D eigenvalue weighted by molar-refractivity contribution is 6.12. The zero-order chi connectivity index (χ0) is 45.5. The Morgan fingerprint density at radius 3 is 2.32 bits per heavy atom. The number of hydrogen-bond acceptors (Lipinski definition) is 0. The van der Waals surface area contributed by atoms with Gasteiger partial charge in [0, 0.05) is 28.3 Å². The van der Waals surface area contributed by atoms with E-state index in [-0.39, 0.29) is 11.3 Å². The first-order valence-corrected chi connectivity index (χ1v) is 24.0. The average Bonchev–Trinajstić information content (AvgIpc) is 3.79. The summed E-state index contributed by atoms with van der Waals surface area (Å²) in [5, 5.41) is 2.44. The highest BCUT2D eigenvalue weighted by Crippen LogP contribution is 2.52. The van der Waals surface area contributed by atoms with Crippen LogP contribution in [0.2, 0.25) is 0 Å². The van der Waals surface area contributed by atoms with Crippen molar-refractivity contribution in [2.24, 2.45) is 0 Å². The summed E-state index contributed by atoms with van der Waals surface area (Å²) < 4.78 is 2.38. The Labute approximate surface area is 392 Å². The van der Waals surface area contributed by atoms with Gasteiger partial charge in [0.25, 0.3) is 0 Å². The standard InChI is InChI=1S/C65H59N/c1-8-20-52(21-9-2)66-61-38-34-50(41-57(61)58-42-51(35-39-62(58)66)49-27-18-26-48(40-49)45-22-12-11-13-23-45)46-24-14-15-25-47(33-32-46)54-29-19-30-55(63(54)43(4)10-3)53-36-37-60-64(44(53)5)56-28-16-17-31-59(56)65(60,6)7/h8-9,12,16-23,25-43,46H,1,10-11,13,15H2,2-7H3/b21-9-,33-32-,47-25+,52-20+. The molecule has 10 rings (SSSR count). The minimum absolute atomic E-state index is 0.0257. The first-order valence-electron chi connectivity index (χ1n) is 24.0. The van der Waals surface area contributed by atoms with Crippen LogP contribution in [0.1, 0.15) is 111 Å². The van der Waals surface area contributed by atoms with E-state index in [2.05, 4.69) is 234 Å². The molecule has 0 saturated heterocycles. The number of fused-ring (bicyclic) bond motifs is 6. The third-order valence-electron chi connectivity index (χ3n) is 14.5. The van der Waals surface area contributed by atoms with Gasteiger partial charge in [0.15, 0.2) is 0 Å². The van der Waals surface area contributed by atoms with Gasteiger partial charge in [-0.25, -0.2) is 0 Å². The largest absolute Gasteiger partial charge is 0.309 e. The van der Waals surface area contributed by atoms with Crippen LogP contribution in [0.5, 0.6) is 0 Å². The molecule has 3 aliphatic rings. The molecule has 0 bridgehead atoms. The van der Waals surface area contributed by atoms with Crippen molar-refractivity contribution in [2.75, 3.05) is 0 Å². The van der Waals surface area contributed by atoms with Crippen LogP contribution in [-0.4, -0.2) is 4.57 Å². The monoisotopic (exact) mass is 853 g/mol. The van der Waals surface area contributed by atoms with Gasteiger partial charge in [0.05, 0.1) is 17.0 Å². The van der Waals surface area contributed by atoms with Crippen molar-refractivity contribution in [2.45, 2.75) is 84.5 Å². The molecule has 1 aromatic heterocycles. The maximum atomic E-state index is 4.08. The van der Waals surface area contributed by atoms with Gasteiger partial charge in [-0.05, 0) is 165 Å². The summed E-state index contributed by atoms with van der Waals surface area (Å²) in [5.74, 6) is 7.55. The van der Waals surface area contributed by atoms with E-state index in [9.17, 15) is 0 Å². The van der Waals surface area contributed by atoms with Gasteiger partial charge in [0.1, 0.15) is 0 Å². The molecule has 6 aromatic carbocycles. The van der Waals surface area contributed by atoms with Crippen LogP contribution < -0.4 is 0 Å². The molecule has 0 saturated carbocycles. The second kappa shape index (κ2) is 17.7. The smallest absolute Gasteiger partial charge is 0.0636 e. The van der Waals surface area contributed by atoms with Gasteiger partial charge < -0.3 is 4.57 Å². The normalized spacial score (nSPS) is 18.2. The first kappa shape index (κ1) is 42.8. The molecule has 1 nitrogen and oxygen atoms in total. The Kier molecular flexibility index (Phi) is 11.5. The van der Waals surface area contributed by atoms with E-state index in [1.165, 1.54) is 99.8 Å². The predicted molar refractivity (Wildman–Crippen MR) is 286 cm³/mol. The zero-order valence-electron chi connectivity index (χ0n) is 39.4. The molecule has 1 heteroatoms. The van der Waals surface area contributed by atoms with E-state index in [0.717, 1.165) is 30.5 Å². The molecular formula is C65H59N. The first-order chi connectivity index (χ1) is 32.2. The summed E-state index contributed by atoms with van der Waals surface area (Å²) in [6.45, 7) is 17.9. The molecule has 0 fully saturated rings. The van der Waals surface area contributed by atoms with Gasteiger partial charge in [0.2, 0.25) is 0 Å². The minimum Gasteiger partial charge on any atom is -0.309 e. The van der Waals surface area contributed by atoms with Gasteiger partial charge in [-0.1, -0.05) is 180 Å². The SMILES string of the molecule is C=C/C=C(\C=C/C)n1c2ccc(-c3cccc(C4=CCCC=C4)c3)cc2c2cc(C3C#CC/C=C(c4cccc(-c5ccc6c(c5C)-c5ccccc5C6(C)C)c4C(C)CC)\C=C/3)ccc21. The van der Waals surface area contributed by atoms with E-state index in [4.69, 9.17) is 0 Å². The molecule has 2 unspecified atom stereocenters. The van der Waals surface area contributed by atoms with Crippen LogP contribution in [0, 0.1) is 18.8 Å². The van der Waals surface area contributed by atoms with Crippen LogP contribution in [0.3, 0.4) is 0 Å². The van der Waals surface area contributed by atoms with Crippen LogP contribution in [0.15, 0.2) is 183 Å². The fourth-order valence-corrected chi connectivity index (χ4v) is 11.0. The Balaban J connectivity index is 1.06. The highest BCUT2D eigenvalue weighted by Gasteiger charge is 2.37. The molecule has 2 atom stereocenters. The van der Waals surface area contributed by atoms with Crippen LogP contribution in [0.4, 0.5) is 0 Å². The zero-order valence-corrected chi connectivity index (χ0v) is 39.4. The molecular weight excluding hydrogens is 795 g/mol. The Bertz CT molecular complexity index is 3350. The van der Waals surface area contributed by atoms with Crippen molar-refractivity contribution in [3.8, 4) is 45.2 Å². The fraction of sp³-hybridized carbons (Fsp3) is 0.200. The lowest BCUT2D eigenvalue weighted by atomic mass is 9.79. The second-order valence-electron chi connectivity index (χ2n) is 18.8. The van der Waals surface area contributed by atoms with Crippen molar-refractivity contribution in [1.29, 1.82) is 0 Å². The maximum Gasteiger partial charge on any atom is 0.0636 e. The fourth-order valence-electron chi connectivity index (χ4n) is 11.0. The molecule has 0 spiro atoms. The van der Waals surface area contributed by atoms with Gasteiger partial charge in [-0.15, -0.1) is 0 Å². The topological polar surface area (TPSA) is 4.93 Å². The third-order valence-corrected chi connectivity index (χ3v) is 14.5. The second-order valence-corrected chi connectivity index (χ2v) is 18.8. The number of hydrogen-bond donors (Lipinski definition) is 0. The van der Waals surface area contributed by atoms with Gasteiger partial charge in [-0.3, -0.25) is 0 Å². The number of allylic oxidation sites excluding steroid dienone is 13. The van der Waals surface area contributed by atoms with Crippen molar-refractivity contribution in [3.63, 3.8) is 0 Å². The van der Waals surface area contributed by atoms with E-state index in [1.54, 1.807) is 0 Å². The molecule has 0 radical (unpaired) electrons. The molecule has 66 heavy (non-hydrogen) atoms. The van der Waals surface area contributed by atoms with Crippen molar-refractivity contribution in [1.82, 2.24) is 4.57 Å². The molecule has 0 amide bonds. The Morgan fingerprint density at radius 1 is 0.758 bits per heavy atom. The number of rotatable bonds is 10. The molecule has 324 valence electrons. The molecule has 1 heterocycles. The summed E-state index contributed by atoms with van der Waals surface area (Å²) in [4.78, 5) is 0. The van der Waals surface area contributed by atoms with Crippen LogP contribution in [0.25, 0.3) is 72.0 Å². The summed E-state index contributed by atoms with van der Waals surface area (Å²) >= 11 is 0. The summed E-state index contributed by atoms with van der Waals surface area (Å²) in [5.41, 5.74) is 23.2. The summed E-state index contributed by atoms with van der Waals surface area (Å²) in [6.07, 6.45) is 26.1. The molecule has 0 N–H and O–H groups in total. The lowest BCUT2D eigenvalue weighted by Crippen LogP contribution is -2.15. The van der Waals surface area contributed by atoms with E-state index in [0.29, 0.717) is 12.3 Å². The van der Waals surface area contributed by atoms with E-state index < -0.39 is 0 Å². The number of aromatic nitrogens is 1. The lowest BCUT2D eigenvalue weighted by Gasteiger charge is -2.24. The average molecular weight is 854 g/mol. The number of nitrogens with zero attached hydrogens (tertiary/aromatic N) is 1. The lowest BCUT2D eigenvalue weighted by molar-refractivity contribution is 0.660. The Morgan fingerprint density at radius 2 is 1.52 bits per heavy atom. The summed E-state index contributed by atoms with van der Waals surface area (Å²) in [7, 11) is 0. The minimum atomic E-state index is -0.0653. The predicted octanol–water partition coefficient (Wildman–Crippen LogP) is 17.7. The summed E-state index contributed by atoms with van der Waals surface area (Å²) in [6, 6.07) is 43.7.